The van der Waals surface area contributed by atoms with Gasteiger partial charge in [0, 0.05) is 4.47 Å². The van der Waals surface area contributed by atoms with Crippen LogP contribution < -0.4 is 5.73 Å². The summed E-state index contributed by atoms with van der Waals surface area (Å²) in [6, 6.07) is 7.50. The van der Waals surface area contributed by atoms with E-state index in [1.807, 2.05) is 24.3 Å². The first kappa shape index (κ1) is 14.2. The Morgan fingerprint density at radius 3 is 2.76 bits per heavy atom. The first-order chi connectivity index (χ1) is 8.04. The third-order valence-electron chi connectivity index (χ3n) is 2.81. The zero-order chi connectivity index (χ0) is 12.9. The van der Waals surface area contributed by atoms with E-state index >= 15 is 0 Å². The normalized spacial score (nSPS) is 14.1. The Balaban J connectivity index is 3.09. The fourth-order valence-corrected chi connectivity index (χ4v) is 2.17. The first-order valence-corrected chi connectivity index (χ1v) is 6.47. The summed E-state index contributed by atoms with van der Waals surface area (Å²) in [6.45, 7) is 2.07. The number of methoxy groups -OCH3 is 1. The Hall–Kier alpha value is -0.870. The average molecular weight is 300 g/mol. The molecule has 0 amide bonds. The Labute approximate surface area is 110 Å². The van der Waals surface area contributed by atoms with Crippen LogP contribution in [0.3, 0.4) is 0 Å². The summed E-state index contributed by atoms with van der Waals surface area (Å²) in [6.07, 6.45) is 2.47. The number of hydrogen-bond acceptors (Lipinski definition) is 3. The number of halogens is 1. The minimum absolute atomic E-state index is 0.385. The summed E-state index contributed by atoms with van der Waals surface area (Å²) in [4.78, 5) is 11.9. The lowest BCUT2D eigenvalue weighted by Crippen LogP contribution is -2.45. The van der Waals surface area contributed by atoms with Gasteiger partial charge in [-0.15, -0.1) is 0 Å². The van der Waals surface area contributed by atoms with Crippen LogP contribution in [0.15, 0.2) is 28.7 Å². The second-order valence-electron chi connectivity index (χ2n) is 4.08. The molecule has 0 aliphatic heterocycles. The molecule has 1 aromatic carbocycles. The number of rotatable bonds is 5. The number of carbonyl (C=O) groups excluding carboxylic acids is 1. The molecular formula is C13H18BrNO2. The number of esters is 1. The summed E-state index contributed by atoms with van der Waals surface area (Å²) < 4.78 is 5.74. The van der Waals surface area contributed by atoms with Crippen LogP contribution in [-0.2, 0) is 15.1 Å². The molecule has 1 unspecified atom stereocenters. The quantitative estimate of drug-likeness (QED) is 0.851. The van der Waals surface area contributed by atoms with Gasteiger partial charge in [0.05, 0.1) is 7.11 Å². The van der Waals surface area contributed by atoms with Crippen molar-refractivity contribution < 1.29 is 9.53 Å². The molecule has 0 aromatic heterocycles. The van der Waals surface area contributed by atoms with Gasteiger partial charge < -0.3 is 10.5 Å². The maximum atomic E-state index is 11.9. The van der Waals surface area contributed by atoms with E-state index in [0.717, 1.165) is 22.9 Å². The number of unbranched alkanes of at least 4 members (excludes halogenated alkanes) is 1. The highest BCUT2D eigenvalue weighted by Gasteiger charge is 2.36. The fraction of sp³-hybridized carbons (Fsp3) is 0.462. The monoisotopic (exact) mass is 299 g/mol. The zero-order valence-electron chi connectivity index (χ0n) is 10.2. The molecule has 0 aliphatic rings. The summed E-state index contributed by atoms with van der Waals surface area (Å²) >= 11 is 3.39. The van der Waals surface area contributed by atoms with Gasteiger partial charge in [0.2, 0.25) is 0 Å². The molecule has 1 aromatic rings. The largest absolute Gasteiger partial charge is 0.467 e. The highest BCUT2D eigenvalue weighted by Crippen LogP contribution is 2.28. The maximum absolute atomic E-state index is 11.9. The molecule has 1 rings (SSSR count). The molecule has 0 bridgehead atoms. The average Bonchev–Trinajstić information content (AvgIpc) is 2.34. The van der Waals surface area contributed by atoms with Crippen molar-refractivity contribution in [3.63, 3.8) is 0 Å². The van der Waals surface area contributed by atoms with E-state index in [1.54, 1.807) is 0 Å². The summed E-state index contributed by atoms with van der Waals surface area (Å²) in [5.74, 6) is -0.385. The van der Waals surface area contributed by atoms with Crippen molar-refractivity contribution in [2.45, 2.75) is 31.7 Å². The van der Waals surface area contributed by atoms with Crippen molar-refractivity contribution in [2.75, 3.05) is 7.11 Å². The molecule has 0 fully saturated rings. The van der Waals surface area contributed by atoms with Gasteiger partial charge in [-0.25, -0.2) is 4.79 Å². The molecule has 0 radical (unpaired) electrons. The Bertz CT molecular complexity index is 395. The predicted molar refractivity (Wildman–Crippen MR) is 71.5 cm³/mol. The molecule has 0 saturated carbocycles. The van der Waals surface area contributed by atoms with Gasteiger partial charge in [0.1, 0.15) is 5.54 Å². The van der Waals surface area contributed by atoms with Gasteiger partial charge in [-0.1, -0.05) is 47.8 Å². The van der Waals surface area contributed by atoms with Crippen LogP contribution in [0, 0.1) is 0 Å². The zero-order valence-corrected chi connectivity index (χ0v) is 11.8. The topological polar surface area (TPSA) is 52.3 Å². The number of carbonyl (C=O) groups is 1. The van der Waals surface area contributed by atoms with Gasteiger partial charge in [0.15, 0.2) is 0 Å². The van der Waals surface area contributed by atoms with Gasteiger partial charge in [-0.2, -0.15) is 0 Å². The number of nitrogens with two attached hydrogens (primary N) is 1. The molecule has 1 atom stereocenters. The van der Waals surface area contributed by atoms with Gasteiger partial charge in [0.25, 0.3) is 0 Å². The molecular weight excluding hydrogens is 282 g/mol. The van der Waals surface area contributed by atoms with Crippen molar-refractivity contribution >= 4 is 21.9 Å². The fourth-order valence-electron chi connectivity index (χ4n) is 1.77. The van der Waals surface area contributed by atoms with E-state index in [0.29, 0.717) is 6.42 Å². The second-order valence-corrected chi connectivity index (χ2v) is 4.99. The van der Waals surface area contributed by atoms with E-state index in [9.17, 15) is 4.79 Å². The van der Waals surface area contributed by atoms with E-state index in [1.165, 1.54) is 7.11 Å². The summed E-state index contributed by atoms with van der Waals surface area (Å²) in [7, 11) is 1.37. The van der Waals surface area contributed by atoms with Crippen molar-refractivity contribution in [1.82, 2.24) is 0 Å². The molecule has 0 aliphatic carbocycles. The minimum Gasteiger partial charge on any atom is -0.467 e. The molecule has 4 heteroatoms. The minimum atomic E-state index is -1.05. The molecule has 2 N–H and O–H groups in total. The highest BCUT2D eigenvalue weighted by atomic mass is 79.9. The van der Waals surface area contributed by atoms with Crippen molar-refractivity contribution in [1.29, 1.82) is 0 Å². The maximum Gasteiger partial charge on any atom is 0.330 e. The molecule has 17 heavy (non-hydrogen) atoms. The van der Waals surface area contributed by atoms with Crippen LogP contribution in [-0.4, -0.2) is 13.1 Å². The summed E-state index contributed by atoms with van der Waals surface area (Å²) in [5, 5.41) is 0. The highest BCUT2D eigenvalue weighted by molar-refractivity contribution is 9.10. The molecule has 0 heterocycles. The van der Waals surface area contributed by atoms with E-state index in [2.05, 4.69) is 22.9 Å². The standard InChI is InChI=1S/C13H18BrNO2/c1-3-4-8-13(15,12(16)17-2)10-6-5-7-11(14)9-10/h5-7,9H,3-4,8,15H2,1-2H3. The Morgan fingerprint density at radius 1 is 1.53 bits per heavy atom. The van der Waals surface area contributed by atoms with Crippen LogP contribution >= 0.6 is 15.9 Å². The number of ether oxygens (including phenoxy) is 1. The van der Waals surface area contributed by atoms with Crippen molar-refractivity contribution in [3.05, 3.63) is 34.3 Å². The lowest BCUT2D eigenvalue weighted by Gasteiger charge is -2.27. The Kier molecular flexibility index (Phi) is 5.15. The van der Waals surface area contributed by atoms with E-state index < -0.39 is 5.54 Å². The third-order valence-corrected chi connectivity index (χ3v) is 3.31. The SMILES string of the molecule is CCCCC(N)(C(=O)OC)c1cccc(Br)c1. The second kappa shape index (κ2) is 6.17. The van der Waals surface area contributed by atoms with E-state index in [4.69, 9.17) is 10.5 Å². The number of hydrogen-bond donors (Lipinski definition) is 1. The van der Waals surface area contributed by atoms with Crippen LogP contribution in [0.25, 0.3) is 0 Å². The van der Waals surface area contributed by atoms with E-state index in [-0.39, 0.29) is 5.97 Å². The summed E-state index contributed by atoms with van der Waals surface area (Å²) in [5.41, 5.74) is 5.97. The molecule has 94 valence electrons. The molecule has 0 spiro atoms. The first-order valence-electron chi connectivity index (χ1n) is 5.68. The lowest BCUT2D eigenvalue weighted by molar-refractivity contribution is -0.147. The van der Waals surface area contributed by atoms with Crippen LogP contribution in [0.4, 0.5) is 0 Å². The van der Waals surface area contributed by atoms with Crippen molar-refractivity contribution in [2.24, 2.45) is 5.73 Å². The smallest absolute Gasteiger partial charge is 0.330 e. The van der Waals surface area contributed by atoms with Gasteiger partial charge >= 0.3 is 5.97 Å². The van der Waals surface area contributed by atoms with Gasteiger partial charge in [-0.3, -0.25) is 0 Å². The van der Waals surface area contributed by atoms with Crippen LogP contribution in [0.2, 0.25) is 0 Å². The van der Waals surface area contributed by atoms with Crippen molar-refractivity contribution in [3.8, 4) is 0 Å². The predicted octanol–water partition coefficient (Wildman–Crippen LogP) is 2.97. The third kappa shape index (κ3) is 3.30. The van der Waals surface area contributed by atoms with Crippen LogP contribution in [0.5, 0.6) is 0 Å². The molecule has 3 nitrogen and oxygen atoms in total. The van der Waals surface area contributed by atoms with Crippen LogP contribution in [0.1, 0.15) is 31.7 Å². The number of benzene rings is 1. The Morgan fingerprint density at radius 2 is 2.24 bits per heavy atom. The molecule has 0 saturated heterocycles. The lowest BCUT2D eigenvalue weighted by atomic mass is 9.86. The van der Waals surface area contributed by atoms with Gasteiger partial charge in [-0.05, 0) is 24.1 Å².